The van der Waals surface area contributed by atoms with Crippen molar-refractivity contribution in [2.75, 3.05) is 7.05 Å². The molecule has 0 radical (unpaired) electrons. The van der Waals surface area contributed by atoms with Gasteiger partial charge in [-0.25, -0.2) is 4.79 Å². The van der Waals surface area contributed by atoms with Crippen LogP contribution in [0.3, 0.4) is 0 Å². The molecule has 2 N–H and O–H groups in total. The van der Waals surface area contributed by atoms with E-state index in [-0.39, 0.29) is 6.03 Å². The highest BCUT2D eigenvalue weighted by Crippen LogP contribution is 2.18. The molecule has 1 aliphatic carbocycles. The van der Waals surface area contributed by atoms with E-state index < -0.39 is 0 Å². The molecule has 14 heavy (non-hydrogen) atoms. The maximum absolute atomic E-state index is 11.5. The Hall–Kier alpha value is -1.52. The molecule has 1 fully saturated rings. The highest BCUT2D eigenvalue weighted by atomic mass is 16.2. The van der Waals surface area contributed by atoms with Gasteiger partial charge in [0, 0.05) is 24.8 Å². The minimum absolute atomic E-state index is 0.00583. The lowest BCUT2D eigenvalue weighted by Crippen LogP contribution is -2.37. The Balaban J connectivity index is 1.81. The van der Waals surface area contributed by atoms with E-state index in [1.807, 2.05) is 0 Å². The molecule has 1 aliphatic rings. The predicted octanol–water partition coefficient (Wildman–Crippen LogP) is 0.713. The van der Waals surface area contributed by atoms with Crippen molar-refractivity contribution in [3.8, 4) is 0 Å². The van der Waals surface area contributed by atoms with Crippen LogP contribution in [0.4, 0.5) is 4.79 Å². The molecule has 5 nitrogen and oxygen atoms in total. The molecule has 0 spiro atoms. The zero-order chi connectivity index (χ0) is 9.97. The Morgan fingerprint density at radius 3 is 3.14 bits per heavy atom. The lowest BCUT2D eigenvalue weighted by Gasteiger charge is -2.16. The van der Waals surface area contributed by atoms with E-state index >= 15 is 0 Å². The van der Waals surface area contributed by atoms with Gasteiger partial charge in [0.1, 0.15) is 0 Å². The summed E-state index contributed by atoms with van der Waals surface area (Å²) in [7, 11) is 1.78. The highest BCUT2D eigenvalue weighted by Gasteiger charge is 2.24. The van der Waals surface area contributed by atoms with E-state index in [0.717, 1.165) is 18.4 Å². The number of H-pyrrole nitrogens is 1. The minimum atomic E-state index is -0.00583. The van der Waals surface area contributed by atoms with E-state index in [1.54, 1.807) is 24.3 Å². The van der Waals surface area contributed by atoms with Crippen LogP contribution in [0.15, 0.2) is 12.4 Å². The number of nitrogens with one attached hydrogen (secondary N) is 2. The SMILES string of the molecule is CN(Cc1cn[nH]c1)C(=O)NC1CC1. The fourth-order valence-electron chi connectivity index (χ4n) is 1.22. The Morgan fingerprint density at radius 2 is 2.57 bits per heavy atom. The normalized spacial score (nSPS) is 15.2. The van der Waals surface area contributed by atoms with Crippen LogP contribution in [0.1, 0.15) is 18.4 Å². The summed E-state index contributed by atoms with van der Waals surface area (Å²) < 4.78 is 0. The van der Waals surface area contributed by atoms with Gasteiger partial charge in [-0.05, 0) is 12.8 Å². The molecule has 0 atom stereocenters. The summed E-state index contributed by atoms with van der Waals surface area (Å²) in [5.41, 5.74) is 1.01. The van der Waals surface area contributed by atoms with Gasteiger partial charge in [0.25, 0.3) is 0 Å². The smallest absolute Gasteiger partial charge is 0.317 e. The van der Waals surface area contributed by atoms with Crippen LogP contribution in [0.5, 0.6) is 0 Å². The molecule has 0 unspecified atom stereocenters. The number of hydrogen-bond donors (Lipinski definition) is 2. The second-order valence-corrected chi connectivity index (χ2v) is 3.69. The number of aromatic amines is 1. The lowest BCUT2D eigenvalue weighted by molar-refractivity contribution is 0.206. The first-order valence-corrected chi connectivity index (χ1v) is 4.75. The standard InChI is InChI=1S/C9H14N4O/c1-13(6-7-4-10-11-5-7)9(14)12-8-2-3-8/h4-5,8H,2-3,6H2,1H3,(H,10,11)(H,12,14). The quantitative estimate of drug-likeness (QED) is 0.744. The van der Waals surface area contributed by atoms with Crippen LogP contribution < -0.4 is 5.32 Å². The minimum Gasteiger partial charge on any atom is -0.335 e. The summed E-state index contributed by atoms with van der Waals surface area (Å²) in [4.78, 5) is 13.2. The number of hydrogen-bond acceptors (Lipinski definition) is 2. The van der Waals surface area contributed by atoms with Crippen molar-refractivity contribution in [1.29, 1.82) is 0 Å². The molecule has 0 bridgehead atoms. The average Bonchev–Trinajstić information content (AvgIpc) is 2.81. The van der Waals surface area contributed by atoms with Gasteiger partial charge in [-0.1, -0.05) is 0 Å². The van der Waals surface area contributed by atoms with E-state index in [1.165, 1.54) is 0 Å². The first-order chi connectivity index (χ1) is 6.75. The number of carbonyl (C=O) groups excluding carboxylic acids is 1. The predicted molar refractivity (Wildman–Crippen MR) is 51.6 cm³/mol. The molecule has 5 heteroatoms. The van der Waals surface area contributed by atoms with Gasteiger partial charge in [0.05, 0.1) is 12.7 Å². The number of carbonyl (C=O) groups is 1. The van der Waals surface area contributed by atoms with Crippen molar-refractivity contribution in [3.05, 3.63) is 18.0 Å². The van der Waals surface area contributed by atoms with Crippen LogP contribution in [-0.2, 0) is 6.54 Å². The largest absolute Gasteiger partial charge is 0.335 e. The third-order valence-electron chi connectivity index (χ3n) is 2.23. The van der Waals surface area contributed by atoms with Gasteiger partial charge >= 0.3 is 6.03 Å². The Labute approximate surface area is 82.5 Å². The maximum atomic E-state index is 11.5. The van der Waals surface area contributed by atoms with E-state index in [4.69, 9.17) is 0 Å². The summed E-state index contributed by atoms with van der Waals surface area (Å²) >= 11 is 0. The molecular formula is C9H14N4O. The van der Waals surface area contributed by atoms with Gasteiger partial charge in [-0.2, -0.15) is 5.10 Å². The third-order valence-corrected chi connectivity index (χ3v) is 2.23. The molecule has 1 saturated carbocycles. The second-order valence-electron chi connectivity index (χ2n) is 3.69. The van der Waals surface area contributed by atoms with Gasteiger partial charge in [0.2, 0.25) is 0 Å². The van der Waals surface area contributed by atoms with Crippen LogP contribution >= 0.6 is 0 Å². The third kappa shape index (κ3) is 2.25. The van der Waals surface area contributed by atoms with Crippen LogP contribution in [-0.4, -0.2) is 34.2 Å². The first kappa shape index (κ1) is 9.05. The van der Waals surface area contributed by atoms with E-state index in [0.29, 0.717) is 12.6 Å². The van der Waals surface area contributed by atoms with Gasteiger partial charge in [-0.15, -0.1) is 0 Å². The monoisotopic (exact) mass is 194 g/mol. The number of urea groups is 1. The Morgan fingerprint density at radius 1 is 1.79 bits per heavy atom. The zero-order valence-corrected chi connectivity index (χ0v) is 8.16. The van der Waals surface area contributed by atoms with Gasteiger partial charge in [0.15, 0.2) is 0 Å². The summed E-state index contributed by atoms with van der Waals surface area (Å²) in [6, 6.07) is 0.406. The molecule has 1 heterocycles. The fraction of sp³-hybridized carbons (Fsp3) is 0.556. The summed E-state index contributed by atoms with van der Waals surface area (Å²) in [6.45, 7) is 0.592. The molecule has 0 aliphatic heterocycles. The van der Waals surface area contributed by atoms with E-state index in [2.05, 4.69) is 15.5 Å². The maximum Gasteiger partial charge on any atom is 0.317 e. The molecule has 76 valence electrons. The fourth-order valence-corrected chi connectivity index (χ4v) is 1.22. The number of rotatable bonds is 3. The second kappa shape index (κ2) is 3.69. The molecule has 0 aromatic carbocycles. The molecule has 0 saturated heterocycles. The van der Waals surface area contributed by atoms with Crippen LogP contribution in [0, 0.1) is 0 Å². The molecule has 2 rings (SSSR count). The lowest BCUT2D eigenvalue weighted by atomic mass is 10.3. The summed E-state index contributed by atoms with van der Waals surface area (Å²) in [5, 5.41) is 9.47. The number of amides is 2. The Bertz CT molecular complexity index is 305. The summed E-state index contributed by atoms with van der Waals surface area (Å²) in [5.74, 6) is 0. The summed E-state index contributed by atoms with van der Waals surface area (Å²) in [6.07, 6.45) is 5.75. The molecule has 1 aromatic rings. The number of aromatic nitrogens is 2. The van der Waals surface area contributed by atoms with E-state index in [9.17, 15) is 4.79 Å². The Kier molecular flexibility index (Phi) is 2.39. The van der Waals surface area contributed by atoms with Crippen LogP contribution in [0.2, 0.25) is 0 Å². The zero-order valence-electron chi connectivity index (χ0n) is 8.16. The van der Waals surface area contributed by atoms with Crippen molar-refractivity contribution in [2.24, 2.45) is 0 Å². The van der Waals surface area contributed by atoms with Crippen molar-refractivity contribution in [3.63, 3.8) is 0 Å². The van der Waals surface area contributed by atoms with Crippen molar-refractivity contribution in [2.45, 2.75) is 25.4 Å². The molecule has 1 aromatic heterocycles. The average molecular weight is 194 g/mol. The molecular weight excluding hydrogens is 180 g/mol. The molecule has 2 amide bonds. The topological polar surface area (TPSA) is 61.0 Å². The van der Waals surface area contributed by atoms with Crippen molar-refractivity contribution < 1.29 is 4.79 Å². The highest BCUT2D eigenvalue weighted by molar-refractivity contribution is 5.74. The van der Waals surface area contributed by atoms with Gasteiger partial charge in [-0.3, -0.25) is 5.10 Å². The van der Waals surface area contributed by atoms with Crippen molar-refractivity contribution in [1.82, 2.24) is 20.4 Å². The first-order valence-electron chi connectivity index (χ1n) is 4.75. The number of nitrogens with zero attached hydrogens (tertiary/aromatic N) is 2. The van der Waals surface area contributed by atoms with Crippen LogP contribution in [0.25, 0.3) is 0 Å². The van der Waals surface area contributed by atoms with Gasteiger partial charge < -0.3 is 10.2 Å². The van der Waals surface area contributed by atoms with Crippen molar-refractivity contribution >= 4 is 6.03 Å².